The first kappa shape index (κ1) is 8.96. The molecule has 72 valence electrons. The van der Waals surface area contributed by atoms with Gasteiger partial charge in [0.15, 0.2) is 4.77 Å². The van der Waals surface area contributed by atoms with E-state index in [9.17, 15) is 4.79 Å². The van der Waals surface area contributed by atoms with Gasteiger partial charge >= 0.3 is 5.97 Å². The molecule has 0 aliphatic heterocycles. The Bertz CT molecular complexity index is 568. The average Bonchev–Trinajstić information content (AvgIpc) is 2.42. The molecule has 0 aliphatic carbocycles. The van der Waals surface area contributed by atoms with Crippen molar-refractivity contribution in [1.82, 2.24) is 9.97 Å². The first-order chi connectivity index (χ1) is 6.58. The van der Waals surface area contributed by atoms with Gasteiger partial charge in [-0.2, -0.15) is 0 Å². The normalized spacial score (nSPS) is 10.6. The van der Waals surface area contributed by atoms with E-state index in [1.54, 1.807) is 19.1 Å². The highest BCUT2D eigenvalue weighted by atomic mass is 32.1. The van der Waals surface area contributed by atoms with Crippen molar-refractivity contribution in [2.45, 2.75) is 6.92 Å². The van der Waals surface area contributed by atoms with Crippen molar-refractivity contribution < 1.29 is 9.90 Å². The third-order valence-electron chi connectivity index (χ3n) is 2.09. The number of carbonyl (C=O) groups is 1. The Morgan fingerprint density at radius 3 is 2.50 bits per heavy atom. The fourth-order valence-corrected chi connectivity index (χ4v) is 1.64. The number of aromatic carboxylic acids is 1. The van der Waals surface area contributed by atoms with Crippen molar-refractivity contribution in [3.8, 4) is 0 Å². The molecule has 0 amide bonds. The molecule has 0 unspecified atom stereocenters. The topological polar surface area (TPSA) is 68.9 Å². The van der Waals surface area contributed by atoms with Crippen molar-refractivity contribution in [2.24, 2.45) is 0 Å². The van der Waals surface area contributed by atoms with E-state index in [4.69, 9.17) is 17.3 Å². The fraction of sp³-hybridized carbons (Fsp3) is 0.111. The Labute approximate surface area is 84.6 Å². The van der Waals surface area contributed by atoms with Crippen LogP contribution >= 0.6 is 12.2 Å². The summed E-state index contributed by atoms with van der Waals surface area (Å²) < 4.78 is 0.502. The molecule has 5 heteroatoms. The summed E-state index contributed by atoms with van der Waals surface area (Å²) >= 11 is 4.91. The number of hydrogen-bond donors (Lipinski definition) is 3. The molecule has 1 aromatic carbocycles. The molecule has 14 heavy (non-hydrogen) atoms. The molecular formula is C9H8N2O2S. The van der Waals surface area contributed by atoms with Crippen LogP contribution in [-0.4, -0.2) is 21.0 Å². The minimum atomic E-state index is -0.926. The lowest BCUT2D eigenvalue weighted by Gasteiger charge is -1.99. The standard InChI is InChI=1S/C9H8N2O2S/c1-4-2-6-7(11-9(14)10-6)3-5(4)8(12)13/h2-3H,1H3,(H,12,13)(H2,10,11,14). The van der Waals surface area contributed by atoms with Crippen LogP contribution in [0.5, 0.6) is 0 Å². The van der Waals surface area contributed by atoms with Gasteiger partial charge in [-0.05, 0) is 36.8 Å². The second-order valence-corrected chi connectivity index (χ2v) is 3.51. The molecule has 4 nitrogen and oxygen atoms in total. The van der Waals surface area contributed by atoms with Crippen LogP contribution in [-0.2, 0) is 0 Å². The molecular weight excluding hydrogens is 200 g/mol. The van der Waals surface area contributed by atoms with E-state index < -0.39 is 5.97 Å². The van der Waals surface area contributed by atoms with Gasteiger partial charge in [0.2, 0.25) is 0 Å². The largest absolute Gasteiger partial charge is 0.478 e. The number of carboxylic acid groups (broad SMARTS) is 1. The van der Waals surface area contributed by atoms with Crippen molar-refractivity contribution in [1.29, 1.82) is 0 Å². The molecule has 0 spiro atoms. The Morgan fingerprint density at radius 2 is 1.93 bits per heavy atom. The fourth-order valence-electron chi connectivity index (χ4n) is 1.42. The zero-order valence-corrected chi connectivity index (χ0v) is 8.23. The summed E-state index contributed by atoms with van der Waals surface area (Å²) in [6.07, 6.45) is 0. The first-order valence-corrected chi connectivity index (χ1v) is 4.44. The molecule has 0 atom stereocenters. The lowest BCUT2D eigenvalue weighted by Crippen LogP contribution is -1.99. The quantitative estimate of drug-likeness (QED) is 0.629. The number of rotatable bonds is 1. The SMILES string of the molecule is Cc1cc2[nH]c(=S)[nH]c2cc1C(=O)O. The minimum Gasteiger partial charge on any atom is -0.478 e. The molecule has 0 bridgehead atoms. The summed E-state index contributed by atoms with van der Waals surface area (Å²) in [5.41, 5.74) is 2.56. The smallest absolute Gasteiger partial charge is 0.336 e. The highest BCUT2D eigenvalue weighted by molar-refractivity contribution is 7.71. The van der Waals surface area contributed by atoms with Crippen molar-refractivity contribution in [3.05, 3.63) is 28.0 Å². The Kier molecular flexibility index (Phi) is 1.89. The number of hydrogen-bond acceptors (Lipinski definition) is 2. The third-order valence-corrected chi connectivity index (χ3v) is 2.30. The van der Waals surface area contributed by atoms with E-state index in [0.29, 0.717) is 10.3 Å². The van der Waals surface area contributed by atoms with Crippen LogP contribution in [0.2, 0.25) is 0 Å². The number of carboxylic acids is 1. The van der Waals surface area contributed by atoms with Gasteiger partial charge in [-0.25, -0.2) is 4.79 Å². The van der Waals surface area contributed by atoms with E-state index in [2.05, 4.69) is 9.97 Å². The summed E-state index contributed by atoms with van der Waals surface area (Å²) in [4.78, 5) is 16.6. The van der Waals surface area contributed by atoms with Gasteiger partial charge in [0.1, 0.15) is 0 Å². The van der Waals surface area contributed by atoms with Gasteiger partial charge in [-0.1, -0.05) is 0 Å². The number of benzene rings is 1. The second kappa shape index (κ2) is 2.95. The van der Waals surface area contributed by atoms with Crippen LogP contribution in [0.4, 0.5) is 0 Å². The maximum atomic E-state index is 10.8. The molecule has 1 aromatic heterocycles. The molecule has 0 saturated heterocycles. The molecule has 1 heterocycles. The van der Waals surface area contributed by atoms with Crippen LogP contribution in [0, 0.1) is 11.7 Å². The van der Waals surface area contributed by atoms with Crippen LogP contribution in [0.1, 0.15) is 15.9 Å². The van der Waals surface area contributed by atoms with Crippen molar-refractivity contribution in [3.63, 3.8) is 0 Å². The van der Waals surface area contributed by atoms with Crippen LogP contribution in [0.15, 0.2) is 12.1 Å². The minimum absolute atomic E-state index is 0.294. The van der Waals surface area contributed by atoms with E-state index >= 15 is 0 Å². The lowest BCUT2D eigenvalue weighted by molar-refractivity contribution is 0.0696. The molecule has 3 N–H and O–H groups in total. The van der Waals surface area contributed by atoms with E-state index in [1.165, 1.54) is 0 Å². The molecule has 0 fully saturated rings. The van der Waals surface area contributed by atoms with Gasteiger partial charge < -0.3 is 15.1 Å². The van der Waals surface area contributed by atoms with Crippen molar-refractivity contribution in [2.75, 3.05) is 0 Å². The number of H-pyrrole nitrogens is 2. The first-order valence-electron chi connectivity index (χ1n) is 4.04. The lowest BCUT2D eigenvalue weighted by atomic mass is 10.1. The van der Waals surface area contributed by atoms with E-state index in [-0.39, 0.29) is 0 Å². The predicted octanol–water partition coefficient (Wildman–Crippen LogP) is 2.23. The Hall–Kier alpha value is -1.62. The number of aromatic amines is 2. The molecule has 0 aliphatic rings. The maximum absolute atomic E-state index is 10.8. The average molecular weight is 208 g/mol. The summed E-state index contributed by atoms with van der Waals surface area (Å²) in [6, 6.07) is 3.35. The maximum Gasteiger partial charge on any atom is 0.336 e. The number of aromatic nitrogens is 2. The highest BCUT2D eigenvalue weighted by Gasteiger charge is 2.08. The predicted molar refractivity (Wildman–Crippen MR) is 55.2 cm³/mol. The van der Waals surface area contributed by atoms with Gasteiger partial charge in [-0.15, -0.1) is 0 Å². The Morgan fingerprint density at radius 1 is 1.36 bits per heavy atom. The van der Waals surface area contributed by atoms with Gasteiger partial charge in [0, 0.05) is 0 Å². The van der Waals surface area contributed by atoms with Crippen LogP contribution in [0.3, 0.4) is 0 Å². The van der Waals surface area contributed by atoms with E-state index in [1.807, 2.05) is 0 Å². The summed E-state index contributed by atoms with van der Waals surface area (Å²) in [5.74, 6) is -0.926. The molecule has 2 rings (SSSR count). The second-order valence-electron chi connectivity index (χ2n) is 3.10. The highest BCUT2D eigenvalue weighted by Crippen LogP contribution is 2.16. The molecule has 2 aromatic rings. The number of aryl methyl sites for hydroxylation is 1. The number of imidazole rings is 1. The van der Waals surface area contributed by atoms with Gasteiger partial charge in [0.25, 0.3) is 0 Å². The zero-order chi connectivity index (χ0) is 10.3. The zero-order valence-electron chi connectivity index (χ0n) is 7.42. The summed E-state index contributed by atoms with van der Waals surface area (Å²) in [6.45, 7) is 1.76. The molecule has 0 radical (unpaired) electrons. The molecule has 0 saturated carbocycles. The van der Waals surface area contributed by atoms with Crippen molar-refractivity contribution >= 4 is 29.2 Å². The van der Waals surface area contributed by atoms with Crippen LogP contribution < -0.4 is 0 Å². The summed E-state index contributed by atoms with van der Waals surface area (Å²) in [5, 5.41) is 8.88. The Balaban J connectivity index is 2.82. The van der Waals surface area contributed by atoms with Gasteiger partial charge in [-0.3, -0.25) is 0 Å². The number of fused-ring (bicyclic) bond motifs is 1. The monoisotopic (exact) mass is 208 g/mol. The third kappa shape index (κ3) is 1.31. The van der Waals surface area contributed by atoms with Crippen LogP contribution in [0.25, 0.3) is 11.0 Å². The van der Waals surface area contributed by atoms with Gasteiger partial charge in [0.05, 0.1) is 16.6 Å². The number of nitrogens with one attached hydrogen (secondary N) is 2. The summed E-state index contributed by atoms with van der Waals surface area (Å²) in [7, 11) is 0. The van der Waals surface area contributed by atoms with E-state index in [0.717, 1.165) is 16.6 Å².